The van der Waals surface area contributed by atoms with Crippen molar-refractivity contribution in [3.8, 4) is 0 Å². The van der Waals surface area contributed by atoms with Crippen molar-refractivity contribution < 1.29 is 19.1 Å². The van der Waals surface area contributed by atoms with E-state index in [2.05, 4.69) is 10.8 Å². The summed E-state index contributed by atoms with van der Waals surface area (Å²) in [6.45, 7) is 4.60. The molecule has 20 heavy (non-hydrogen) atoms. The monoisotopic (exact) mass is 304 g/mol. The summed E-state index contributed by atoms with van der Waals surface area (Å²) in [5, 5.41) is 12.1. The number of benzene rings is 1. The Morgan fingerprint density at radius 2 is 2.20 bits per heavy atom. The van der Waals surface area contributed by atoms with Crippen molar-refractivity contribution in [2.75, 3.05) is 6.61 Å². The quantitative estimate of drug-likeness (QED) is 0.732. The first-order chi connectivity index (χ1) is 9.20. The van der Waals surface area contributed by atoms with Gasteiger partial charge in [-0.15, -0.1) is 0 Å². The van der Waals surface area contributed by atoms with Crippen molar-refractivity contribution in [1.82, 2.24) is 10.8 Å². The number of carbonyl (C=O) groups is 1. The largest absolute Gasteiger partial charge is 0.388 e. The minimum atomic E-state index is -1.06. The van der Waals surface area contributed by atoms with Gasteiger partial charge in [0.25, 0.3) is 0 Å². The first-order valence-electron chi connectivity index (χ1n) is 6.05. The molecule has 0 saturated heterocycles. The number of carbonyl (C=O) groups excluding carboxylic acids is 1. The van der Waals surface area contributed by atoms with Crippen LogP contribution in [0.15, 0.2) is 18.2 Å². The first kappa shape index (κ1) is 16.7. The maximum atomic E-state index is 13.6. The van der Waals surface area contributed by atoms with E-state index in [1.165, 1.54) is 26.0 Å². The lowest BCUT2D eigenvalue weighted by Crippen LogP contribution is -2.40. The Balaban J connectivity index is 2.54. The van der Waals surface area contributed by atoms with Gasteiger partial charge in [0.05, 0.1) is 11.6 Å². The molecule has 1 rings (SSSR count). The Morgan fingerprint density at radius 1 is 1.55 bits per heavy atom. The topological polar surface area (TPSA) is 70.6 Å². The Labute approximate surface area is 122 Å². The molecule has 112 valence electrons. The number of aliphatic hydroxyl groups is 1. The van der Waals surface area contributed by atoms with Gasteiger partial charge in [0.15, 0.2) is 0 Å². The SMILES string of the molecule is C[C@@H](NC(=O)NOCC(C)(C)O)c1c(F)cccc1Cl. The predicted octanol–water partition coefficient (Wildman–Crippen LogP) is 2.54. The average molecular weight is 305 g/mol. The summed E-state index contributed by atoms with van der Waals surface area (Å²) in [5.74, 6) is -0.497. The van der Waals surface area contributed by atoms with Gasteiger partial charge >= 0.3 is 6.03 Å². The Kier molecular flexibility index (Phi) is 5.74. The molecule has 3 N–H and O–H groups in total. The van der Waals surface area contributed by atoms with Crippen LogP contribution in [-0.4, -0.2) is 23.3 Å². The third-order valence-electron chi connectivity index (χ3n) is 2.37. The summed E-state index contributed by atoms with van der Waals surface area (Å²) in [7, 11) is 0. The van der Waals surface area contributed by atoms with Gasteiger partial charge in [0.1, 0.15) is 12.4 Å². The zero-order chi connectivity index (χ0) is 15.3. The minimum absolute atomic E-state index is 0.0742. The van der Waals surface area contributed by atoms with Crippen LogP contribution in [0, 0.1) is 5.82 Å². The first-order valence-corrected chi connectivity index (χ1v) is 6.43. The van der Waals surface area contributed by atoms with E-state index in [1.54, 1.807) is 13.0 Å². The third kappa shape index (κ3) is 5.32. The molecule has 1 aromatic rings. The predicted molar refractivity (Wildman–Crippen MR) is 73.7 cm³/mol. The lowest BCUT2D eigenvalue weighted by atomic mass is 10.1. The Bertz CT molecular complexity index is 457. The van der Waals surface area contributed by atoms with Crippen LogP contribution in [0.1, 0.15) is 32.4 Å². The van der Waals surface area contributed by atoms with Crippen LogP contribution in [0.4, 0.5) is 9.18 Å². The second-order valence-corrected chi connectivity index (χ2v) is 5.44. The molecule has 0 fully saturated rings. The molecule has 1 aromatic carbocycles. The normalized spacial score (nSPS) is 12.9. The van der Waals surface area contributed by atoms with Crippen LogP contribution in [0.5, 0.6) is 0 Å². The van der Waals surface area contributed by atoms with E-state index < -0.39 is 23.5 Å². The van der Waals surface area contributed by atoms with Crippen LogP contribution >= 0.6 is 11.6 Å². The van der Waals surface area contributed by atoms with E-state index in [9.17, 15) is 14.3 Å². The molecule has 0 aliphatic heterocycles. The van der Waals surface area contributed by atoms with E-state index in [1.807, 2.05) is 0 Å². The Hall–Kier alpha value is -1.37. The average Bonchev–Trinajstić information content (AvgIpc) is 2.26. The summed E-state index contributed by atoms with van der Waals surface area (Å²) in [6, 6.07) is 3.01. The summed E-state index contributed by atoms with van der Waals surface area (Å²) >= 11 is 5.90. The molecule has 0 radical (unpaired) electrons. The third-order valence-corrected chi connectivity index (χ3v) is 2.70. The molecular formula is C13H18ClFN2O3. The zero-order valence-corrected chi connectivity index (χ0v) is 12.3. The molecule has 1 atom stereocenters. The van der Waals surface area contributed by atoms with Crippen molar-refractivity contribution >= 4 is 17.6 Å². The second kappa shape index (κ2) is 6.88. The number of hydrogen-bond acceptors (Lipinski definition) is 3. The molecule has 7 heteroatoms. The zero-order valence-electron chi connectivity index (χ0n) is 11.5. The van der Waals surface area contributed by atoms with Crippen molar-refractivity contribution in [2.24, 2.45) is 0 Å². The molecule has 0 aliphatic rings. The van der Waals surface area contributed by atoms with Crippen molar-refractivity contribution in [3.05, 3.63) is 34.6 Å². The van der Waals surface area contributed by atoms with Crippen molar-refractivity contribution in [3.63, 3.8) is 0 Å². The second-order valence-electron chi connectivity index (χ2n) is 5.03. The number of urea groups is 1. The lowest BCUT2D eigenvalue weighted by molar-refractivity contribution is -0.0484. The van der Waals surface area contributed by atoms with Gasteiger partial charge in [-0.05, 0) is 32.9 Å². The number of amides is 2. The number of nitrogens with one attached hydrogen (secondary N) is 2. The summed E-state index contributed by atoms with van der Waals surface area (Å²) < 4.78 is 13.6. The van der Waals surface area contributed by atoms with E-state index in [0.717, 1.165) is 0 Å². The molecule has 5 nitrogen and oxygen atoms in total. The summed E-state index contributed by atoms with van der Waals surface area (Å²) in [4.78, 5) is 16.4. The fourth-order valence-corrected chi connectivity index (χ4v) is 1.83. The highest BCUT2D eigenvalue weighted by atomic mass is 35.5. The van der Waals surface area contributed by atoms with Crippen molar-refractivity contribution in [1.29, 1.82) is 0 Å². The maximum absolute atomic E-state index is 13.6. The molecule has 2 amide bonds. The van der Waals surface area contributed by atoms with Crippen LogP contribution in [0.25, 0.3) is 0 Å². The van der Waals surface area contributed by atoms with Crippen molar-refractivity contribution in [2.45, 2.75) is 32.4 Å². The van der Waals surface area contributed by atoms with E-state index >= 15 is 0 Å². The highest BCUT2D eigenvalue weighted by Crippen LogP contribution is 2.25. The smallest absolute Gasteiger partial charge is 0.339 e. The van der Waals surface area contributed by atoms with Crippen LogP contribution < -0.4 is 10.8 Å². The van der Waals surface area contributed by atoms with E-state index in [-0.39, 0.29) is 17.2 Å². The summed E-state index contributed by atoms with van der Waals surface area (Å²) in [5.41, 5.74) is 1.24. The van der Waals surface area contributed by atoms with Gasteiger partial charge < -0.3 is 10.4 Å². The minimum Gasteiger partial charge on any atom is -0.388 e. The Morgan fingerprint density at radius 3 is 2.75 bits per heavy atom. The molecule has 0 heterocycles. The lowest BCUT2D eigenvalue weighted by Gasteiger charge is -2.19. The fraction of sp³-hybridized carbons (Fsp3) is 0.462. The molecule has 0 unspecified atom stereocenters. The highest BCUT2D eigenvalue weighted by molar-refractivity contribution is 6.31. The molecule has 0 aromatic heterocycles. The van der Waals surface area contributed by atoms with Crippen LogP contribution in [0.3, 0.4) is 0 Å². The number of hydrogen-bond donors (Lipinski definition) is 3. The van der Waals surface area contributed by atoms with E-state index in [4.69, 9.17) is 16.4 Å². The van der Waals surface area contributed by atoms with E-state index in [0.29, 0.717) is 0 Å². The molecule has 0 aliphatic carbocycles. The maximum Gasteiger partial charge on any atom is 0.339 e. The molecule has 0 spiro atoms. The van der Waals surface area contributed by atoms with Gasteiger partial charge in [-0.3, -0.25) is 4.84 Å². The number of rotatable bonds is 5. The standard InChI is InChI=1S/C13H18ClFN2O3/c1-8(11-9(14)5-4-6-10(11)15)16-12(18)17-20-7-13(2,3)19/h4-6,8,19H,7H2,1-3H3,(H2,16,17,18)/t8-/m1/s1. The van der Waals surface area contributed by atoms with Crippen LogP contribution in [0.2, 0.25) is 5.02 Å². The van der Waals surface area contributed by atoms with Gasteiger partial charge in [0, 0.05) is 10.6 Å². The fourth-order valence-electron chi connectivity index (χ4n) is 1.50. The summed E-state index contributed by atoms with van der Waals surface area (Å²) in [6.07, 6.45) is 0. The number of hydroxylamine groups is 1. The van der Waals surface area contributed by atoms with Gasteiger partial charge in [0.2, 0.25) is 0 Å². The van der Waals surface area contributed by atoms with Crippen LogP contribution in [-0.2, 0) is 4.84 Å². The molecular weight excluding hydrogens is 287 g/mol. The number of halogens is 2. The van der Waals surface area contributed by atoms with Gasteiger partial charge in [-0.25, -0.2) is 14.7 Å². The van der Waals surface area contributed by atoms with Gasteiger partial charge in [-0.1, -0.05) is 17.7 Å². The highest BCUT2D eigenvalue weighted by Gasteiger charge is 2.18. The molecule has 0 bridgehead atoms. The molecule has 0 saturated carbocycles. The van der Waals surface area contributed by atoms with Gasteiger partial charge in [-0.2, -0.15) is 0 Å².